The second-order valence-corrected chi connectivity index (χ2v) is 12.2. The molecule has 9 heteroatoms. The van der Waals surface area contributed by atoms with E-state index in [-0.39, 0.29) is 10.8 Å². The predicted octanol–water partition coefficient (Wildman–Crippen LogP) is 4.64. The van der Waals surface area contributed by atoms with Gasteiger partial charge in [0.1, 0.15) is 0 Å². The summed E-state index contributed by atoms with van der Waals surface area (Å²) in [5.74, 6) is 0.286. The minimum absolute atomic E-state index is 0.149. The van der Waals surface area contributed by atoms with Crippen molar-refractivity contribution in [3.05, 3.63) is 52.5 Å². The first kappa shape index (κ1) is 25.2. The second-order valence-electron chi connectivity index (χ2n) is 8.23. The van der Waals surface area contributed by atoms with Gasteiger partial charge in [-0.1, -0.05) is 41.5 Å². The van der Waals surface area contributed by atoms with Gasteiger partial charge < -0.3 is 10.1 Å². The van der Waals surface area contributed by atoms with Gasteiger partial charge in [0, 0.05) is 41.0 Å². The molecule has 0 radical (unpaired) electrons. The van der Waals surface area contributed by atoms with Gasteiger partial charge in [0.15, 0.2) is 0 Å². The quantitative estimate of drug-likeness (QED) is 0.493. The standard InChI is InChI=1S/C23H29BrN2O4S2/c1-16-12-17(2)15-26(14-16)32(28,29)20-8-9-22(31-19-6-4-18(24)5-7-19)21(13-20)23(27)25-10-11-30-3/h4-9,13,16-17H,10-12,14-15H2,1-3H3,(H,25,27)/t16-,17-/m0/s1. The fourth-order valence-corrected chi connectivity index (χ4v) is 6.77. The molecule has 1 aliphatic rings. The third-order valence-corrected chi connectivity index (χ3v) is 8.74. The lowest BCUT2D eigenvalue weighted by atomic mass is 9.94. The minimum atomic E-state index is -3.69. The summed E-state index contributed by atoms with van der Waals surface area (Å²) in [6, 6.07) is 12.6. The zero-order valence-corrected chi connectivity index (χ0v) is 21.7. The number of nitrogens with zero attached hydrogens (tertiary/aromatic N) is 1. The summed E-state index contributed by atoms with van der Waals surface area (Å²) in [6.07, 6.45) is 1.02. The van der Waals surface area contributed by atoms with Gasteiger partial charge in [0.25, 0.3) is 5.91 Å². The van der Waals surface area contributed by atoms with Gasteiger partial charge >= 0.3 is 0 Å². The van der Waals surface area contributed by atoms with Crippen molar-refractivity contribution in [2.75, 3.05) is 33.4 Å². The van der Waals surface area contributed by atoms with E-state index in [4.69, 9.17) is 4.74 Å². The first-order valence-electron chi connectivity index (χ1n) is 10.6. The van der Waals surface area contributed by atoms with Gasteiger partial charge in [-0.2, -0.15) is 4.31 Å². The van der Waals surface area contributed by atoms with E-state index in [1.54, 1.807) is 23.5 Å². The summed E-state index contributed by atoms with van der Waals surface area (Å²) in [6.45, 7) is 5.86. The zero-order chi connectivity index (χ0) is 23.3. The van der Waals surface area contributed by atoms with Crippen molar-refractivity contribution >= 4 is 43.6 Å². The molecule has 3 rings (SSSR count). The molecule has 1 heterocycles. The number of ether oxygens (including phenoxy) is 1. The number of methoxy groups -OCH3 is 1. The Morgan fingerprint density at radius 2 is 1.81 bits per heavy atom. The van der Waals surface area contributed by atoms with Gasteiger partial charge in [-0.3, -0.25) is 4.79 Å². The van der Waals surface area contributed by atoms with Crippen molar-refractivity contribution in [2.45, 2.75) is 35.0 Å². The Labute approximate surface area is 203 Å². The third-order valence-electron chi connectivity index (χ3n) is 5.30. The molecule has 0 bridgehead atoms. The summed E-state index contributed by atoms with van der Waals surface area (Å²) < 4.78 is 34.3. The monoisotopic (exact) mass is 540 g/mol. The molecule has 0 aromatic heterocycles. The molecule has 0 spiro atoms. The number of rotatable bonds is 8. The number of benzene rings is 2. The van der Waals surface area contributed by atoms with E-state index in [1.807, 2.05) is 24.3 Å². The van der Waals surface area contributed by atoms with Crippen LogP contribution in [-0.2, 0) is 14.8 Å². The highest BCUT2D eigenvalue weighted by Gasteiger charge is 2.32. The minimum Gasteiger partial charge on any atom is -0.383 e. The fraction of sp³-hybridized carbons (Fsp3) is 0.435. The molecular weight excluding hydrogens is 512 g/mol. The number of nitrogens with one attached hydrogen (secondary N) is 1. The maximum absolute atomic E-state index is 13.4. The molecule has 2 aromatic carbocycles. The van der Waals surface area contributed by atoms with Crippen LogP contribution in [0.3, 0.4) is 0 Å². The topological polar surface area (TPSA) is 75.7 Å². The number of piperidine rings is 1. The lowest BCUT2D eigenvalue weighted by Gasteiger charge is -2.34. The SMILES string of the molecule is COCCNC(=O)c1cc(S(=O)(=O)N2C[C@@H](C)C[C@H](C)C2)ccc1Sc1ccc(Br)cc1. The van der Waals surface area contributed by atoms with Crippen LogP contribution >= 0.6 is 27.7 Å². The molecule has 1 amide bonds. The molecule has 174 valence electrons. The Kier molecular flexibility index (Phi) is 8.80. The van der Waals surface area contributed by atoms with Gasteiger partial charge in [-0.25, -0.2) is 8.42 Å². The van der Waals surface area contributed by atoms with Crippen LogP contribution in [0, 0.1) is 11.8 Å². The number of halogens is 1. The Hall–Kier alpha value is -1.39. The van der Waals surface area contributed by atoms with Crippen molar-refractivity contribution in [1.82, 2.24) is 9.62 Å². The average molecular weight is 542 g/mol. The van der Waals surface area contributed by atoms with Crippen LogP contribution in [0.1, 0.15) is 30.6 Å². The summed E-state index contributed by atoms with van der Waals surface area (Å²) in [5.41, 5.74) is 0.341. The number of carbonyl (C=O) groups excluding carboxylic acids is 1. The third kappa shape index (κ3) is 6.35. The van der Waals surface area contributed by atoms with E-state index in [0.717, 1.165) is 15.8 Å². The number of sulfonamides is 1. The van der Waals surface area contributed by atoms with E-state index in [1.165, 1.54) is 17.8 Å². The summed E-state index contributed by atoms with van der Waals surface area (Å²) >= 11 is 4.85. The van der Waals surface area contributed by atoms with Crippen LogP contribution in [0.5, 0.6) is 0 Å². The molecular formula is C23H29BrN2O4S2. The molecule has 1 saturated heterocycles. The average Bonchev–Trinajstić information content (AvgIpc) is 2.75. The molecule has 1 fully saturated rings. The first-order chi connectivity index (χ1) is 15.2. The smallest absolute Gasteiger partial charge is 0.252 e. The zero-order valence-electron chi connectivity index (χ0n) is 18.5. The number of carbonyl (C=O) groups is 1. The highest BCUT2D eigenvalue weighted by molar-refractivity contribution is 9.10. The van der Waals surface area contributed by atoms with Crippen LogP contribution < -0.4 is 5.32 Å². The number of hydrogen-bond donors (Lipinski definition) is 1. The Balaban J connectivity index is 1.95. The van der Waals surface area contributed by atoms with E-state index < -0.39 is 10.0 Å². The van der Waals surface area contributed by atoms with Crippen LogP contribution in [0.4, 0.5) is 0 Å². The highest BCUT2D eigenvalue weighted by Crippen LogP contribution is 2.34. The lowest BCUT2D eigenvalue weighted by Crippen LogP contribution is -2.42. The normalized spacial score (nSPS) is 19.6. The molecule has 2 atom stereocenters. The van der Waals surface area contributed by atoms with Crippen LogP contribution in [0.25, 0.3) is 0 Å². The van der Waals surface area contributed by atoms with Crippen molar-refractivity contribution in [2.24, 2.45) is 11.8 Å². The summed E-state index contributed by atoms with van der Waals surface area (Å²) in [5, 5.41) is 2.81. The maximum atomic E-state index is 13.4. The van der Waals surface area contributed by atoms with Gasteiger partial charge in [0.2, 0.25) is 10.0 Å². The summed E-state index contributed by atoms with van der Waals surface area (Å²) in [7, 11) is -2.13. The molecule has 1 N–H and O–H groups in total. The molecule has 6 nitrogen and oxygen atoms in total. The molecule has 0 saturated carbocycles. The van der Waals surface area contributed by atoms with Gasteiger partial charge in [-0.05, 0) is 60.7 Å². The van der Waals surface area contributed by atoms with E-state index >= 15 is 0 Å². The molecule has 32 heavy (non-hydrogen) atoms. The molecule has 2 aromatic rings. The lowest BCUT2D eigenvalue weighted by molar-refractivity contribution is 0.0934. The van der Waals surface area contributed by atoms with Gasteiger partial charge in [-0.15, -0.1) is 0 Å². The van der Waals surface area contributed by atoms with Crippen LogP contribution in [-0.4, -0.2) is 52.0 Å². The van der Waals surface area contributed by atoms with Crippen LogP contribution in [0.15, 0.2) is 61.6 Å². The van der Waals surface area contributed by atoms with E-state index in [9.17, 15) is 13.2 Å². The fourth-order valence-electron chi connectivity index (χ4n) is 3.88. The second kappa shape index (κ2) is 11.2. The van der Waals surface area contributed by atoms with Crippen molar-refractivity contribution < 1.29 is 17.9 Å². The molecule has 0 aliphatic carbocycles. The first-order valence-corrected chi connectivity index (χ1v) is 13.6. The maximum Gasteiger partial charge on any atom is 0.252 e. The largest absolute Gasteiger partial charge is 0.383 e. The molecule has 1 aliphatic heterocycles. The van der Waals surface area contributed by atoms with E-state index in [2.05, 4.69) is 35.1 Å². The molecule has 0 unspecified atom stereocenters. The Morgan fingerprint density at radius 1 is 1.16 bits per heavy atom. The van der Waals surface area contributed by atoms with E-state index in [0.29, 0.717) is 48.5 Å². The highest BCUT2D eigenvalue weighted by atomic mass is 79.9. The Bertz CT molecular complexity index is 1030. The number of amides is 1. The summed E-state index contributed by atoms with van der Waals surface area (Å²) in [4.78, 5) is 14.7. The number of hydrogen-bond acceptors (Lipinski definition) is 5. The van der Waals surface area contributed by atoms with Crippen molar-refractivity contribution in [3.63, 3.8) is 0 Å². The van der Waals surface area contributed by atoms with Gasteiger partial charge in [0.05, 0.1) is 17.1 Å². The van der Waals surface area contributed by atoms with Crippen molar-refractivity contribution in [3.8, 4) is 0 Å². The van der Waals surface area contributed by atoms with Crippen molar-refractivity contribution in [1.29, 1.82) is 0 Å². The predicted molar refractivity (Wildman–Crippen MR) is 131 cm³/mol. The van der Waals surface area contributed by atoms with Crippen LogP contribution in [0.2, 0.25) is 0 Å². The Morgan fingerprint density at radius 3 is 2.44 bits per heavy atom.